The average molecular weight is 311 g/mol. The van der Waals surface area contributed by atoms with Gasteiger partial charge in [-0.1, -0.05) is 30.3 Å². The Kier molecular flexibility index (Phi) is 4.93. The second kappa shape index (κ2) is 7.29. The molecule has 0 bridgehead atoms. The lowest BCUT2D eigenvalue weighted by Gasteiger charge is -2.20. The largest absolute Gasteiger partial charge is 0.489 e. The quantitative estimate of drug-likeness (QED) is 0.851. The summed E-state index contributed by atoms with van der Waals surface area (Å²) in [5.41, 5.74) is 2.00. The number of nitrogens with zero attached hydrogens (tertiary/aromatic N) is 1. The zero-order valence-corrected chi connectivity index (χ0v) is 13.3. The van der Waals surface area contributed by atoms with Gasteiger partial charge in [0.25, 0.3) is 0 Å². The molecule has 1 amide bonds. The molecule has 1 fully saturated rings. The summed E-state index contributed by atoms with van der Waals surface area (Å²) in [5, 5.41) is 0. The van der Waals surface area contributed by atoms with Crippen LogP contribution in [0.1, 0.15) is 12.0 Å². The fourth-order valence-electron chi connectivity index (χ4n) is 2.64. The van der Waals surface area contributed by atoms with Gasteiger partial charge in [-0.15, -0.1) is 0 Å². The molecule has 23 heavy (non-hydrogen) atoms. The fourth-order valence-corrected chi connectivity index (χ4v) is 2.64. The molecule has 1 unspecified atom stereocenters. The molecular formula is C19H21NO3. The van der Waals surface area contributed by atoms with E-state index in [-0.39, 0.29) is 11.8 Å². The van der Waals surface area contributed by atoms with Crippen LogP contribution in [0.2, 0.25) is 0 Å². The third-order valence-corrected chi connectivity index (χ3v) is 4.08. The van der Waals surface area contributed by atoms with Crippen LogP contribution in [0.4, 0.5) is 5.69 Å². The van der Waals surface area contributed by atoms with Crippen LogP contribution in [0, 0.1) is 5.92 Å². The lowest BCUT2D eigenvalue weighted by molar-refractivity contribution is -0.122. The van der Waals surface area contributed by atoms with E-state index in [1.165, 1.54) is 0 Å². The van der Waals surface area contributed by atoms with Gasteiger partial charge in [0.2, 0.25) is 5.91 Å². The second-order valence-corrected chi connectivity index (χ2v) is 5.73. The van der Waals surface area contributed by atoms with Crippen molar-refractivity contribution in [3.05, 3.63) is 60.2 Å². The molecule has 4 nitrogen and oxygen atoms in total. The Labute approximate surface area is 136 Å². The highest BCUT2D eigenvalue weighted by Gasteiger charge is 2.26. The predicted molar refractivity (Wildman–Crippen MR) is 89.6 cm³/mol. The molecule has 120 valence electrons. The summed E-state index contributed by atoms with van der Waals surface area (Å²) in [4.78, 5) is 14.1. The summed E-state index contributed by atoms with van der Waals surface area (Å²) in [6, 6.07) is 17.7. The molecule has 0 radical (unpaired) electrons. The van der Waals surface area contributed by atoms with Crippen LogP contribution in [0.3, 0.4) is 0 Å². The molecule has 0 aliphatic carbocycles. The Morgan fingerprint density at radius 3 is 2.57 bits per heavy atom. The Morgan fingerprint density at radius 1 is 1.17 bits per heavy atom. The zero-order valence-electron chi connectivity index (χ0n) is 13.3. The fraction of sp³-hybridized carbons (Fsp3) is 0.316. The molecule has 1 aliphatic rings. The Bertz CT molecular complexity index is 633. The lowest BCUT2D eigenvalue weighted by atomic mass is 10.1. The normalized spacial score (nSPS) is 17.0. The van der Waals surface area contributed by atoms with E-state index in [1.54, 1.807) is 11.9 Å². The van der Waals surface area contributed by atoms with Gasteiger partial charge in [-0.3, -0.25) is 4.79 Å². The highest BCUT2D eigenvalue weighted by atomic mass is 16.5. The van der Waals surface area contributed by atoms with Gasteiger partial charge in [0.1, 0.15) is 12.4 Å². The van der Waals surface area contributed by atoms with Crippen molar-refractivity contribution in [1.29, 1.82) is 0 Å². The van der Waals surface area contributed by atoms with Gasteiger partial charge in [0, 0.05) is 19.3 Å². The Balaban J connectivity index is 1.59. The van der Waals surface area contributed by atoms with E-state index in [9.17, 15) is 4.79 Å². The molecule has 2 aromatic rings. The molecule has 1 aliphatic heterocycles. The van der Waals surface area contributed by atoms with E-state index in [1.807, 2.05) is 54.6 Å². The van der Waals surface area contributed by atoms with Crippen LogP contribution in [0.15, 0.2) is 54.6 Å². The van der Waals surface area contributed by atoms with Crippen LogP contribution in [0.25, 0.3) is 0 Å². The van der Waals surface area contributed by atoms with Crippen LogP contribution >= 0.6 is 0 Å². The first-order valence-corrected chi connectivity index (χ1v) is 7.86. The maximum absolute atomic E-state index is 12.4. The number of carbonyl (C=O) groups is 1. The smallest absolute Gasteiger partial charge is 0.232 e. The number of hydrogen-bond donors (Lipinski definition) is 0. The van der Waals surface area contributed by atoms with Gasteiger partial charge in [0.05, 0.1) is 12.5 Å². The first kappa shape index (κ1) is 15.6. The minimum atomic E-state index is -0.0194. The van der Waals surface area contributed by atoms with Gasteiger partial charge >= 0.3 is 0 Å². The molecule has 4 heteroatoms. The van der Waals surface area contributed by atoms with Gasteiger partial charge in [0.15, 0.2) is 0 Å². The molecular weight excluding hydrogens is 290 g/mol. The van der Waals surface area contributed by atoms with Crippen molar-refractivity contribution in [2.45, 2.75) is 13.0 Å². The van der Waals surface area contributed by atoms with Crippen molar-refractivity contribution in [3.8, 4) is 5.75 Å². The minimum absolute atomic E-state index is 0.0194. The van der Waals surface area contributed by atoms with Crippen LogP contribution in [0.5, 0.6) is 5.75 Å². The minimum Gasteiger partial charge on any atom is -0.489 e. The van der Waals surface area contributed by atoms with Crippen molar-refractivity contribution < 1.29 is 14.3 Å². The van der Waals surface area contributed by atoms with Crippen LogP contribution in [-0.4, -0.2) is 26.2 Å². The third-order valence-electron chi connectivity index (χ3n) is 4.08. The van der Waals surface area contributed by atoms with Crippen LogP contribution in [-0.2, 0) is 16.1 Å². The van der Waals surface area contributed by atoms with Crippen molar-refractivity contribution in [2.24, 2.45) is 5.92 Å². The topological polar surface area (TPSA) is 38.8 Å². The molecule has 1 heterocycles. The predicted octanol–water partition coefficient (Wildman–Crippen LogP) is 3.26. The Hall–Kier alpha value is -2.33. The Morgan fingerprint density at radius 2 is 1.91 bits per heavy atom. The van der Waals surface area contributed by atoms with E-state index in [0.717, 1.165) is 23.4 Å². The van der Waals surface area contributed by atoms with Crippen molar-refractivity contribution >= 4 is 11.6 Å². The SMILES string of the molecule is CN(C(=O)C1CCOC1)c1ccc(OCc2ccccc2)cc1. The summed E-state index contributed by atoms with van der Waals surface area (Å²) < 4.78 is 11.1. The number of benzene rings is 2. The number of ether oxygens (including phenoxy) is 2. The van der Waals surface area contributed by atoms with Gasteiger partial charge in [-0.2, -0.15) is 0 Å². The molecule has 2 aromatic carbocycles. The standard InChI is InChI=1S/C19H21NO3/c1-20(19(21)16-11-12-22-14-16)17-7-9-18(10-8-17)23-13-15-5-3-2-4-6-15/h2-10,16H,11-14H2,1H3. The average Bonchev–Trinajstić information content (AvgIpc) is 3.15. The number of hydrogen-bond acceptors (Lipinski definition) is 3. The molecule has 0 spiro atoms. The van der Waals surface area contributed by atoms with E-state index in [4.69, 9.17) is 9.47 Å². The summed E-state index contributed by atoms with van der Waals surface area (Å²) in [7, 11) is 1.81. The molecule has 0 aromatic heterocycles. The van der Waals surface area contributed by atoms with Crippen molar-refractivity contribution in [3.63, 3.8) is 0 Å². The number of anilines is 1. The second-order valence-electron chi connectivity index (χ2n) is 5.73. The summed E-state index contributed by atoms with van der Waals surface area (Å²) in [6.45, 7) is 1.74. The van der Waals surface area contributed by atoms with Gasteiger partial charge in [-0.05, 0) is 36.2 Å². The third kappa shape index (κ3) is 3.90. The van der Waals surface area contributed by atoms with Crippen molar-refractivity contribution in [1.82, 2.24) is 0 Å². The monoisotopic (exact) mass is 311 g/mol. The first-order chi connectivity index (χ1) is 11.2. The molecule has 0 N–H and O–H groups in total. The lowest BCUT2D eigenvalue weighted by Crippen LogP contribution is -2.33. The van der Waals surface area contributed by atoms with Gasteiger partial charge in [-0.25, -0.2) is 0 Å². The number of carbonyl (C=O) groups excluding carboxylic acids is 1. The maximum atomic E-state index is 12.4. The molecule has 0 saturated carbocycles. The first-order valence-electron chi connectivity index (χ1n) is 7.86. The van der Waals surface area contributed by atoms with E-state index in [0.29, 0.717) is 19.8 Å². The number of amides is 1. The number of rotatable bonds is 5. The van der Waals surface area contributed by atoms with Crippen molar-refractivity contribution in [2.75, 3.05) is 25.2 Å². The van der Waals surface area contributed by atoms with E-state index in [2.05, 4.69) is 0 Å². The maximum Gasteiger partial charge on any atom is 0.232 e. The molecule has 3 rings (SSSR count). The molecule has 1 atom stereocenters. The summed E-state index contributed by atoms with van der Waals surface area (Å²) in [6.07, 6.45) is 0.807. The zero-order chi connectivity index (χ0) is 16.1. The van der Waals surface area contributed by atoms with E-state index >= 15 is 0 Å². The summed E-state index contributed by atoms with van der Waals surface area (Å²) >= 11 is 0. The summed E-state index contributed by atoms with van der Waals surface area (Å²) in [5.74, 6) is 0.886. The highest BCUT2D eigenvalue weighted by Crippen LogP contribution is 2.23. The van der Waals surface area contributed by atoms with Crippen LogP contribution < -0.4 is 9.64 Å². The highest BCUT2D eigenvalue weighted by molar-refractivity contribution is 5.94. The van der Waals surface area contributed by atoms with E-state index < -0.39 is 0 Å². The van der Waals surface area contributed by atoms with Gasteiger partial charge < -0.3 is 14.4 Å². The molecule has 1 saturated heterocycles.